The number of hydrogen-bond acceptors (Lipinski definition) is 6. The zero-order valence-corrected chi connectivity index (χ0v) is 22.1. The minimum Gasteiger partial charge on any atom is -0.489 e. The summed E-state index contributed by atoms with van der Waals surface area (Å²) in [6.07, 6.45) is 3.38. The van der Waals surface area contributed by atoms with Crippen LogP contribution >= 0.6 is 22.9 Å². The van der Waals surface area contributed by atoms with E-state index >= 15 is 0 Å². The molecule has 1 aliphatic heterocycles. The van der Waals surface area contributed by atoms with Crippen LogP contribution in [0, 0.1) is 0 Å². The highest BCUT2D eigenvalue weighted by Gasteiger charge is 2.24. The molecule has 0 spiro atoms. The fourth-order valence-electron chi connectivity index (χ4n) is 4.51. The second-order valence-corrected chi connectivity index (χ2v) is 10.7. The molecule has 2 aromatic heterocycles. The summed E-state index contributed by atoms with van der Waals surface area (Å²) >= 11 is 8.04. The Kier molecular flexibility index (Phi) is 6.97. The van der Waals surface area contributed by atoms with Gasteiger partial charge in [0, 0.05) is 24.7 Å². The number of nitrogens with two attached hydrogens (primary N) is 1. The maximum atomic E-state index is 12.3. The number of halogens is 1. The smallest absolute Gasteiger partial charge is 0.262 e. The van der Waals surface area contributed by atoms with Gasteiger partial charge in [0.2, 0.25) is 0 Å². The molecule has 1 saturated heterocycles. The van der Waals surface area contributed by atoms with Crippen LogP contribution in [0.15, 0.2) is 48.8 Å². The first kappa shape index (κ1) is 24.7. The quantitative estimate of drug-likeness (QED) is 0.374. The number of likely N-dealkylation sites (tertiary alicyclic amines) is 1. The van der Waals surface area contributed by atoms with Crippen molar-refractivity contribution in [1.29, 1.82) is 0 Å². The monoisotopic (exact) mass is 522 g/mol. The van der Waals surface area contributed by atoms with E-state index in [0.29, 0.717) is 21.4 Å². The summed E-state index contributed by atoms with van der Waals surface area (Å²) in [5, 5.41) is 1.32. The number of piperidine rings is 1. The van der Waals surface area contributed by atoms with Gasteiger partial charge in [0.05, 0.1) is 16.1 Å². The number of primary amides is 1. The summed E-state index contributed by atoms with van der Waals surface area (Å²) in [5.74, 6) is 0.529. The van der Waals surface area contributed by atoms with Crippen LogP contribution in [0.2, 0.25) is 5.02 Å². The van der Waals surface area contributed by atoms with Crippen molar-refractivity contribution >= 4 is 53.2 Å². The third kappa shape index (κ3) is 4.96. The minimum atomic E-state index is -0.542. The molecule has 1 atom stereocenters. The molecule has 0 aliphatic carbocycles. The van der Waals surface area contributed by atoms with Crippen molar-refractivity contribution in [3.05, 3.63) is 64.3 Å². The summed E-state index contributed by atoms with van der Waals surface area (Å²) in [6.45, 7) is 3.91. The van der Waals surface area contributed by atoms with Gasteiger partial charge in [-0.1, -0.05) is 35.3 Å². The highest BCUT2D eigenvalue weighted by Crippen LogP contribution is 2.39. The van der Waals surface area contributed by atoms with Gasteiger partial charge in [-0.2, -0.15) is 0 Å². The van der Waals surface area contributed by atoms with E-state index < -0.39 is 12.0 Å². The number of nitrogens with zero attached hydrogens (tertiary/aromatic N) is 3. The lowest BCUT2D eigenvalue weighted by Gasteiger charge is -2.30. The molecule has 0 bridgehead atoms. The summed E-state index contributed by atoms with van der Waals surface area (Å²) in [7, 11) is 4.15. The van der Waals surface area contributed by atoms with Crippen molar-refractivity contribution in [2.75, 3.05) is 20.1 Å². The van der Waals surface area contributed by atoms with Gasteiger partial charge in [0.25, 0.3) is 5.91 Å². The van der Waals surface area contributed by atoms with Gasteiger partial charge in [0.1, 0.15) is 47.8 Å². The molecule has 1 aliphatic rings. The number of fused-ring (bicyclic) bond motifs is 1. The fraction of sp³-hybridized carbons (Fsp3) is 0.308. The first-order chi connectivity index (χ1) is 17.3. The van der Waals surface area contributed by atoms with Crippen LogP contribution in [0.1, 0.15) is 41.1 Å². The van der Waals surface area contributed by atoms with E-state index in [0.717, 1.165) is 53.0 Å². The van der Waals surface area contributed by atoms with Crippen LogP contribution in [0.3, 0.4) is 0 Å². The number of rotatable bonds is 7. The first-order valence-electron chi connectivity index (χ1n) is 12.0. The van der Waals surface area contributed by atoms with E-state index in [4.69, 9.17) is 26.8 Å². The Balaban J connectivity index is 1.40. The SMILES string of the molecule is Bc1ccc2c(c1)ncn2-c1cc(O[C@H](C)c2cccc(OC3CCN(C)CC3)c2Cl)c(C(N)=O)s1. The number of carbonyl (C=O) groups is 1. The van der Waals surface area contributed by atoms with E-state index in [1.165, 1.54) is 11.3 Å². The van der Waals surface area contributed by atoms with Crippen molar-refractivity contribution in [3.8, 4) is 16.5 Å². The highest BCUT2D eigenvalue weighted by molar-refractivity contribution is 7.16. The van der Waals surface area contributed by atoms with Gasteiger partial charge in [0.15, 0.2) is 0 Å². The number of carbonyl (C=O) groups excluding carboxylic acids is 1. The van der Waals surface area contributed by atoms with Crippen molar-refractivity contribution in [2.24, 2.45) is 5.73 Å². The average Bonchev–Trinajstić information content (AvgIpc) is 3.45. The molecule has 1 fully saturated rings. The number of aromatic nitrogens is 2. The van der Waals surface area contributed by atoms with E-state index in [1.807, 2.05) is 61.8 Å². The Bertz CT molecular complexity index is 1410. The van der Waals surface area contributed by atoms with E-state index in [1.54, 1.807) is 6.33 Å². The number of thiophene rings is 1. The molecular formula is C26H28BClN4O3S. The lowest BCUT2D eigenvalue weighted by Crippen LogP contribution is -2.35. The Hall–Kier alpha value is -3.01. The van der Waals surface area contributed by atoms with Gasteiger partial charge in [-0.05, 0) is 45.0 Å². The number of amides is 1. The zero-order chi connectivity index (χ0) is 25.4. The molecule has 186 valence electrons. The normalized spacial score (nSPS) is 15.8. The number of benzene rings is 2. The van der Waals surface area contributed by atoms with Crippen molar-refractivity contribution in [1.82, 2.24) is 14.5 Å². The van der Waals surface area contributed by atoms with Crippen molar-refractivity contribution in [2.45, 2.75) is 32.0 Å². The summed E-state index contributed by atoms with van der Waals surface area (Å²) < 4.78 is 14.5. The Morgan fingerprint density at radius 2 is 2.00 bits per heavy atom. The summed E-state index contributed by atoms with van der Waals surface area (Å²) in [4.78, 5) is 19.4. The van der Waals surface area contributed by atoms with Crippen LogP contribution in [0.5, 0.6) is 11.5 Å². The molecule has 0 radical (unpaired) electrons. The Morgan fingerprint density at radius 3 is 2.75 bits per heavy atom. The Morgan fingerprint density at radius 1 is 1.22 bits per heavy atom. The third-order valence-electron chi connectivity index (χ3n) is 6.54. The number of imidazole rings is 1. The van der Waals surface area contributed by atoms with Crippen LogP contribution in [-0.4, -0.2) is 54.4 Å². The van der Waals surface area contributed by atoms with Gasteiger partial charge >= 0.3 is 0 Å². The van der Waals surface area contributed by atoms with Gasteiger partial charge in [-0.3, -0.25) is 9.36 Å². The van der Waals surface area contributed by atoms with Gasteiger partial charge in [-0.15, -0.1) is 11.3 Å². The van der Waals surface area contributed by atoms with Crippen molar-refractivity contribution < 1.29 is 14.3 Å². The van der Waals surface area contributed by atoms with Crippen LogP contribution in [0.25, 0.3) is 16.0 Å². The Labute approximate surface area is 220 Å². The molecular weight excluding hydrogens is 495 g/mol. The largest absolute Gasteiger partial charge is 0.489 e. The molecule has 2 N–H and O–H groups in total. The second-order valence-electron chi connectivity index (χ2n) is 9.29. The summed E-state index contributed by atoms with van der Waals surface area (Å²) in [5.41, 5.74) is 9.46. The second kappa shape index (κ2) is 10.2. The van der Waals surface area contributed by atoms with E-state index in [-0.39, 0.29) is 6.10 Å². The van der Waals surface area contributed by atoms with E-state index in [9.17, 15) is 4.79 Å². The molecule has 2 aromatic carbocycles. The van der Waals surface area contributed by atoms with Crippen LogP contribution < -0.4 is 20.7 Å². The molecule has 0 unspecified atom stereocenters. The van der Waals surface area contributed by atoms with Crippen molar-refractivity contribution in [3.63, 3.8) is 0 Å². The van der Waals surface area contributed by atoms with Crippen LogP contribution in [-0.2, 0) is 0 Å². The molecule has 1 amide bonds. The topological polar surface area (TPSA) is 82.6 Å². The lowest BCUT2D eigenvalue weighted by atomic mass is 9.96. The number of hydrogen-bond donors (Lipinski definition) is 1. The molecule has 4 aromatic rings. The van der Waals surface area contributed by atoms with Gasteiger partial charge < -0.3 is 20.1 Å². The fourth-order valence-corrected chi connectivity index (χ4v) is 5.76. The average molecular weight is 523 g/mol. The minimum absolute atomic E-state index is 0.139. The molecule has 3 heterocycles. The summed E-state index contributed by atoms with van der Waals surface area (Å²) in [6, 6.07) is 13.6. The predicted molar refractivity (Wildman–Crippen MR) is 147 cm³/mol. The maximum Gasteiger partial charge on any atom is 0.262 e. The number of ether oxygens (including phenoxy) is 2. The molecule has 5 rings (SSSR count). The first-order valence-corrected chi connectivity index (χ1v) is 13.2. The zero-order valence-electron chi connectivity index (χ0n) is 20.5. The van der Waals surface area contributed by atoms with E-state index in [2.05, 4.69) is 16.9 Å². The van der Waals surface area contributed by atoms with Crippen LogP contribution in [0.4, 0.5) is 0 Å². The highest BCUT2D eigenvalue weighted by atomic mass is 35.5. The molecule has 10 heteroatoms. The molecule has 36 heavy (non-hydrogen) atoms. The van der Waals surface area contributed by atoms with Gasteiger partial charge in [-0.25, -0.2) is 4.98 Å². The molecule has 7 nitrogen and oxygen atoms in total. The third-order valence-corrected chi connectivity index (χ3v) is 8.08. The maximum absolute atomic E-state index is 12.3. The predicted octanol–water partition coefficient (Wildman–Crippen LogP) is 3.71. The molecule has 0 saturated carbocycles. The lowest BCUT2D eigenvalue weighted by molar-refractivity contribution is 0.0998. The standard InChI is InChI=1S/C26H28BClN4O3S/c1-15(18-4-3-5-21(24(18)28)35-17-8-10-31(2)11-9-17)34-22-13-23(36-25(22)26(29)33)32-14-30-19-12-16(27)6-7-20(19)32/h3-7,12-15,17H,8-11,27H2,1-2H3,(H2,29,33)/t15-/m1/s1.